The molecule has 0 spiro atoms. The van der Waals surface area contributed by atoms with Crippen LogP contribution in [0.3, 0.4) is 0 Å². The largest absolute Gasteiger partial charge is 0.476 e. The van der Waals surface area contributed by atoms with E-state index < -0.39 is 0 Å². The summed E-state index contributed by atoms with van der Waals surface area (Å²) in [6, 6.07) is 3.57. The van der Waals surface area contributed by atoms with E-state index in [1.165, 1.54) is 0 Å². The second-order valence-corrected chi connectivity index (χ2v) is 3.31. The second-order valence-electron chi connectivity index (χ2n) is 3.31. The number of ether oxygens (including phenoxy) is 1. The molecule has 0 atom stereocenters. The smallest absolute Gasteiger partial charge is 0.213 e. The van der Waals surface area contributed by atoms with Crippen molar-refractivity contribution >= 4 is 0 Å². The quantitative estimate of drug-likeness (QED) is 0.745. The minimum absolute atomic E-state index is 0.0188. The molecule has 0 bridgehead atoms. The normalized spacial score (nSPS) is 10.6. The molecule has 0 amide bonds. The van der Waals surface area contributed by atoms with Crippen LogP contribution in [0.25, 0.3) is 0 Å². The van der Waals surface area contributed by atoms with Gasteiger partial charge in [0.1, 0.15) is 6.61 Å². The van der Waals surface area contributed by atoms with Crippen molar-refractivity contribution in [2.45, 2.75) is 6.61 Å². The first-order valence-electron chi connectivity index (χ1n) is 4.55. The Morgan fingerprint density at radius 1 is 1.43 bits per heavy atom. The topological polar surface area (TPSA) is 45.6 Å². The molecule has 0 fully saturated rings. The summed E-state index contributed by atoms with van der Waals surface area (Å²) < 4.78 is 5.38. The fraction of sp³-hybridized carbons (Fsp3) is 0.500. The maximum atomic E-state index is 8.79. The third kappa shape index (κ3) is 3.72. The number of aliphatic hydroxyl groups is 1. The van der Waals surface area contributed by atoms with Crippen LogP contribution in [-0.2, 0) is 6.61 Å². The molecule has 0 aliphatic rings. The molecule has 0 unspecified atom stereocenters. The molecule has 1 aromatic heterocycles. The fourth-order valence-electron chi connectivity index (χ4n) is 0.923. The van der Waals surface area contributed by atoms with Crippen LogP contribution in [0.4, 0.5) is 0 Å². The molecule has 0 aromatic carbocycles. The van der Waals surface area contributed by atoms with Gasteiger partial charge in [0, 0.05) is 18.8 Å². The van der Waals surface area contributed by atoms with Crippen molar-refractivity contribution in [3.8, 4) is 5.88 Å². The standard InChI is InChI=1S/C10H16N2O2/c1-12(2)5-6-14-10-4-3-9(8-13)7-11-10/h3-4,7,13H,5-6,8H2,1-2H3. The van der Waals surface area contributed by atoms with E-state index in [9.17, 15) is 0 Å². The first-order chi connectivity index (χ1) is 6.72. The van der Waals surface area contributed by atoms with E-state index in [2.05, 4.69) is 4.98 Å². The zero-order valence-electron chi connectivity index (χ0n) is 8.60. The van der Waals surface area contributed by atoms with Gasteiger partial charge in [0.25, 0.3) is 0 Å². The Balaban J connectivity index is 2.36. The summed E-state index contributed by atoms with van der Waals surface area (Å²) in [7, 11) is 3.98. The highest BCUT2D eigenvalue weighted by molar-refractivity contribution is 5.16. The Morgan fingerprint density at radius 2 is 2.21 bits per heavy atom. The van der Waals surface area contributed by atoms with Crippen LogP contribution in [0, 0.1) is 0 Å². The first kappa shape index (κ1) is 10.9. The number of pyridine rings is 1. The maximum Gasteiger partial charge on any atom is 0.213 e. The third-order valence-corrected chi connectivity index (χ3v) is 1.77. The van der Waals surface area contributed by atoms with Crippen LogP contribution in [0.1, 0.15) is 5.56 Å². The lowest BCUT2D eigenvalue weighted by atomic mass is 10.3. The maximum absolute atomic E-state index is 8.79. The molecule has 0 aliphatic heterocycles. The van der Waals surface area contributed by atoms with Crippen molar-refractivity contribution in [3.05, 3.63) is 23.9 Å². The molecule has 0 saturated heterocycles. The summed E-state index contributed by atoms with van der Waals surface area (Å²) in [4.78, 5) is 6.09. The van der Waals surface area contributed by atoms with Crippen LogP contribution in [0.2, 0.25) is 0 Å². The van der Waals surface area contributed by atoms with E-state index in [4.69, 9.17) is 9.84 Å². The summed E-state index contributed by atoms with van der Waals surface area (Å²) in [6.07, 6.45) is 1.62. The van der Waals surface area contributed by atoms with Crippen molar-refractivity contribution < 1.29 is 9.84 Å². The number of nitrogens with zero attached hydrogens (tertiary/aromatic N) is 2. The molecule has 1 heterocycles. The average molecular weight is 196 g/mol. The molecule has 0 radical (unpaired) electrons. The number of hydrogen-bond donors (Lipinski definition) is 1. The predicted octanol–water partition coefficient (Wildman–Crippen LogP) is 0.514. The Morgan fingerprint density at radius 3 is 2.71 bits per heavy atom. The first-order valence-corrected chi connectivity index (χ1v) is 4.55. The highest BCUT2D eigenvalue weighted by Crippen LogP contribution is 2.06. The van der Waals surface area contributed by atoms with Crippen LogP contribution in [-0.4, -0.2) is 42.2 Å². The fourth-order valence-corrected chi connectivity index (χ4v) is 0.923. The number of aliphatic hydroxyl groups excluding tert-OH is 1. The number of aromatic nitrogens is 1. The monoisotopic (exact) mass is 196 g/mol. The predicted molar refractivity (Wildman–Crippen MR) is 54.2 cm³/mol. The summed E-state index contributed by atoms with van der Waals surface area (Å²) in [5.74, 6) is 0.601. The molecule has 1 rings (SSSR count). The van der Waals surface area contributed by atoms with E-state index >= 15 is 0 Å². The molecule has 78 valence electrons. The molecule has 0 saturated carbocycles. The highest BCUT2D eigenvalue weighted by atomic mass is 16.5. The minimum Gasteiger partial charge on any atom is -0.476 e. The Bertz CT molecular complexity index is 259. The summed E-state index contributed by atoms with van der Waals surface area (Å²) >= 11 is 0. The lowest BCUT2D eigenvalue weighted by Gasteiger charge is -2.10. The van der Waals surface area contributed by atoms with Gasteiger partial charge in [-0.1, -0.05) is 0 Å². The van der Waals surface area contributed by atoms with Gasteiger partial charge in [-0.3, -0.25) is 0 Å². The SMILES string of the molecule is CN(C)CCOc1ccc(CO)cn1. The lowest BCUT2D eigenvalue weighted by molar-refractivity contribution is 0.252. The molecular formula is C10H16N2O2. The minimum atomic E-state index is 0.0188. The number of likely N-dealkylation sites (N-methyl/N-ethyl adjacent to an activating group) is 1. The van der Waals surface area contributed by atoms with Gasteiger partial charge in [0.05, 0.1) is 6.61 Å². The van der Waals surface area contributed by atoms with Gasteiger partial charge in [-0.05, 0) is 25.7 Å². The van der Waals surface area contributed by atoms with Gasteiger partial charge in [0.2, 0.25) is 5.88 Å². The van der Waals surface area contributed by atoms with Gasteiger partial charge >= 0.3 is 0 Å². The summed E-state index contributed by atoms with van der Waals surface area (Å²) in [5.41, 5.74) is 0.796. The molecule has 4 heteroatoms. The van der Waals surface area contributed by atoms with Crippen molar-refractivity contribution in [2.75, 3.05) is 27.2 Å². The zero-order chi connectivity index (χ0) is 10.4. The summed E-state index contributed by atoms with van der Waals surface area (Å²) in [5, 5.41) is 8.79. The van der Waals surface area contributed by atoms with Gasteiger partial charge in [0.15, 0.2) is 0 Å². The van der Waals surface area contributed by atoms with E-state index in [1.54, 1.807) is 18.3 Å². The van der Waals surface area contributed by atoms with E-state index in [-0.39, 0.29) is 6.61 Å². The molecule has 1 aromatic rings. The van der Waals surface area contributed by atoms with Crippen molar-refractivity contribution in [3.63, 3.8) is 0 Å². The lowest BCUT2D eigenvalue weighted by Crippen LogP contribution is -2.19. The molecule has 14 heavy (non-hydrogen) atoms. The van der Waals surface area contributed by atoms with E-state index in [0.29, 0.717) is 12.5 Å². The van der Waals surface area contributed by atoms with Crippen LogP contribution in [0.5, 0.6) is 5.88 Å². The average Bonchev–Trinajstić information content (AvgIpc) is 2.18. The highest BCUT2D eigenvalue weighted by Gasteiger charge is 1.96. The van der Waals surface area contributed by atoms with Gasteiger partial charge in [-0.25, -0.2) is 4.98 Å². The molecule has 0 aliphatic carbocycles. The molecule has 1 N–H and O–H groups in total. The Kier molecular flexibility index (Phi) is 4.35. The van der Waals surface area contributed by atoms with Crippen molar-refractivity contribution in [1.29, 1.82) is 0 Å². The number of hydrogen-bond acceptors (Lipinski definition) is 4. The van der Waals surface area contributed by atoms with E-state index in [0.717, 1.165) is 12.1 Å². The Labute approximate surface area is 84.1 Å². The summed E-state index contributed by atoms with van der Waals surface area (Å²) in [6.45, 7) is 1.51. The second kappa shape index (κ2) is 5.57. The van der Waals surface area contributed by atoms with Crippen LogP contribution < -0.4 is 4.74 Å². The van der Waals surface area contributed by atoms with Crippen molar-refractivity contribution in [2.24, 2.45) is 0 Å². The van der Waals surface area contributed by atoms with E-state index in [1.807, 2.05) is 19.0 Å². The van der Waals surface area contributed by atoms with Crippen molar-refractivity contribution in [1.82, 2.24) is 9.88 Å². The number of rotatable bonds is 5. The molecule has 4 nitrogen and oxygen atoms in total. The zero-order valence-corrected chi connectivity index (χ0v) is 8.60. The molecular weight excluding hydrogens is 180 g/mol. The van der Waals surface area contributed by atoms with Crippen LogP contribution >= 0.6 is 0 Å². The van der Waals surface area contributed by atoms with Gasteiger partial charge < -0.3 is 14.7 Å². The van der Waals surface area contributed by atoms with Crippen LogP contribution in [0.15, 0.2) is 18.3 Å². The third-order valence-electron chi connectivity index (χ3n) is 1.77. The van der Waals surface area contributed by atoms with Gasteiger partial charge in [-0.15, -0.1) is 0 Å². The van der Waals surface area contributed by atoms with Gasteiger partial charge in [-0.2, -0.15) is 0 Å². The Hall–Kier alpha value is -1.13.